The van der Waals surface area contributed by atoms with E-state index in [0.29, 0.717) is 22.9 Å². The maximum absolute atomic E-state index is 11.6. The smallest absolute Gasteiger partial charge is 0.225 e. The molecule has 0 aliphatic heterocycles. The zero-order valence-electron chi connectivity index (χ0n) is 10.0. The van der Waals surface area contributed by atoms with Crippen molar-refractivity contribution in [2.24, 2.45) is 5.92 Å². The lowest BCUT2D eigenvalue weighted by Crippen LogP contribution is -2.13. The third-order valence-electron chi connectivity index (χ3n) is 2.34. The van der Waals surface area contributed by atoms with Gasteiger partial charge in [-0.3, -0.25) is 4.79 Å². The number of thiophene rings is 1. The van der Waals surface area contributed by atoms with Crippen LogP contribution in [0.2, 0.25) is 0 Å². The summed E-state index contributed by atoms with van der Waals surface area (Å²) in [7, 11) is 0. The summed E-state index contributed by atoms with van der Waals surface area (Å²) in [6, 6.07) is 2.14. The number of hydrogen-bond acceptors (Lipinski definition) is 3. The Morgan fingerprint density at radius 3 is 2.62 bits per heavy atom. The summed E-state index contributed by atoms with van der Waals surface area (Å²) < 4.78 is 0. The molecule has 0 spiro atoms. The Labute approximate surface area is 100 Å². The minimum absolute atomic E-state index is 0.0206. The average Bonchev–Trinajstić information content (AvgIpc) is 2.40. The van der Waals surface area contributed by atoms with Crippen LogP contribution in [0.25, 0.3) is 0 Å². The molecule has 0 fully saturated rings. The molecular weight excluding hydrogens is 220 g/mol. The molecule has 1 N–H and O–H groups in total. The van der Waals surface area contributed by atoms with E-state index < -0.39 is 0 Å². The molecule has 0 radical (unpaired) electrons. The van der Waals surface area contributed by atoms with E-state index in [9.17, 15) is 4.79 Å². The summed E-state index contributed by atoms with van der Waals surface area (Å²) in [6.07, 6.45) is 0.487. The van der Waals surface area contributed by atoms with Crippen molar-refractivity contribution in [2.45, 2.75) is 34.1 Å². The molecule has 1 aromatic rings. The molecule has 3 nitrogen and oxygen atoms in total. The Kier molecular flexibility index (Phi) is 4.08. The predicted octanol–water partition coefficient (Wildman–Crippen LogP) is 3.22. The minimum Gasteiger partial charge on any atom is -0.317 e. The van der Waals surface area contributed by atoms with Crippen molar-refractivity contribution in [3.63, 3.8) is 0 Å². The van der Waals surface area contributed by atoms with Gasteiger partial charge < -0.3 is 5.32 Å². The summed E-state index contributed by atoms with van der Waals surface area (Å²) in [5, 5.41) is 12.5. The number of nitrogens with zero attached hydrogens (tertiary/aromatic N) is 1. The SMILES string of the molecule is Cc1sc(NC(=O)CC(C)C)c(C#N)c1C. The molecule has 1 heterocycles. The van der Waals surface area contributed by atoms with Crippen molar-refractivity contribution in [3.8, 4) is 6.07 Å². The van der Waals surface area contributed by atoms with Crippen LogP contribution in [0, 0.1) is 31.1 Å². The summed E-state index contributed by atoms with van der Waals surface area (Å²) in [5.74, 6) is 0.306. The Morgan fingerprint density at radius 2 is 2.12 bits per heavy atom. The number of hydrogen-bond donors (Lipinski definition) is 1. The molecule has 0 aliphatic carbocycles. The molecule has 4 heteroatoms. The predicted molar refractivity (Wildman–Crippen MR) is 66.6 cm³/mol. The molecule has 0 bridgehead atoms. The Morgan fingerprint density at radius 1 is 1.50 bits per heavy atom. The van der Waals surface area contributed by atoms with Gasteiger partial charge in [0.05, 0.1) is 5.56 Å². The normalized spacial score (nSPS) is 10.2. The summed E-state index contributed by atoms with van der Waals surface area (Å²) in [4.78, 5) is 12.7. The molecule has 0 saturated carbocycles. The fraction of sp³-hybridized carbons (Fsp3) is 0.500. The molecule has 0 unspecified atom stereocenters. The molecule has 1 aromatic heterocycles. The topological polar surface area (TPSA) is 52.9 Å². The first-order chi connectivity index (χ1) is 7.45. The number of aryl methyl sites for hydroxylation is 1. The molecule has 0 saturated heterocycles. The van der Waals surface area contributed by atoms with Crippen molar-refractivity contribution in [1.82, 2.24) is 0 Å². The lowest BCUT2D eigenvalue weighted by Gasteiger charge is -2.05. The van der Waals surface area contributed by atoms with Crippen molar-refractivity contribution in [2.75, 3.05) is 5.32 Å². The van der Waals surface area contributed by atoms with Gasteiger partial charge in [-0.2, -0.15) is 5.26 Å². The van der Waals surface area contributed by atoms with Crippen molar-refractivity contribution >= 4 is 22.2 Å². The van der Waals surface area contributed by atoms with Gasteiger partial charge in [0.15, 0.2) is 0 Å². The monoisotopic (exact) mass is 236 g/mol. The second-order valence-corrected chi connectivity index (χ2v) is 5.47. The highest BCUT2D eigenvalue weighted by Gasteiger charge is 2.14. The quantitative estimate of drug-likeness (QED) is 0.876. The van der Waals surface area contributed by atoms with Gasteiger partial charge >= 0.3 is 0 Å². The number of nitrogens with one attached hydrogen (secondary N) is 1. The van der Waals surface area contributed by atoms with Crippen LogP contribution in [0.1, 0.15) is 36.3 Å². The lowest BCUT2D eigenvalue weighted by molar-refractivity contribution is -0.116. The van der Waals surface area contributed by atoms with Crippen LogP contribution >= 0.6 is 11.3 Å². The van der Waals surface area contributed by atoms with Crippen LogP contribution in [0.3, 0.4) is 0 Å². The maximum atomic E-state index is 11.6. The zero-order valence-corrected chi connectivity index (χ0v) is 10.9. The van der Waals surface area contributed by atoms with Crippen LogP contribution < -0.4 is 5.32 Å². The number of amides is 1. The summed E-state index contributed by atoms with van der Waals surface area (Å²) in [5.41, 5.74) is 1.56. The van der Waals surface area contributed by atoms with E-state index in [0.717, 1.165) is 10.4 Å². The molecule has 1 amide bonds. The van der Waals surface area contributed by atoms with E-state index in [1.807, 2.05) is 27.7 Å². The summed E-state index contributed by atoms with van der Waals surface area (Å²) in [6.45, 7) is 7.85. The van der Waals surface area contributed by atoms with Crippen LogP contribution in [0.15, 0.2) is 0 Å². The van der Waals surface area contributed by atoms with Gasteiger partial charge in [-0.25, -0.2) is 0 Å². The minimum atomic E-state index is -0.0206. The molecule has 16 heavy (non-hydrogen) atoms. The van der Waals surface area contributed by atoms with E-state index in [1.54, 1.807) is 0 Å². The van der Waals surface area contributed by atoms with E-state index >= 15 is 0 Å². The van der Waals surface area contributed by atoms with Gasteiger partial charge in [-0.15, -0.1) is 11.3 Å². The van der Waals surface area contributed by atoms with E-state index in [4.69, 9.17) is 5.26 Å². The number of carbonyl (C=O) groups is 1. The van der Waals surface area contributed by atoms with Gasteiger partial charge in [-0.1, -0.05) is 13.8 Å². The molecule has 0 aliphatic rings. The third kappa shape index (κ3) is 2.83. The van der Waals surface area contributed by atoms with Crippen molar-refractivity contribution in [1.29, 1.82) is 5.26 Å². The van der Waals surface area contributed by atoms with Crippen LogP contribution in [-0.2, 0) is 4.79 Å². The summed E-state index contributed by atoms with van der Waals surface area (Å²) >= 11 is 1.47. The average molecular weight is 236 g/mol. The van der Waals surface area contributed by atoms with Crippen LogP contribution in [0.4, 0.5) is 5.00 Å². The fourth-order valence-electron chi connectivity index (χ4n) is 1.40. The van der Waals surface area contributed by atoms with E-state index in [1.165, 1.54) is 11.3 Å². The zero-order chi connectivity index (χ0) is 12.3. The van der Waals surface area contributed by atoms with Gasteiger partial charge in [0.2, 0.25) is 5.91 Å². The van der Waals surface area contributed by atoms with Gasteiger partial charge in [-0.05, 0) is 25.3 Å². The Balaban J connectivity index is 2.86. The number of rotatable bonds is 3. The molecule has 1 rings (SSSR count). The first-order valence-electron chi connectivity index (χ1n) is 5.25. The second kappa shape index (κ2) is 5.13. The van der Waals surface area contributed by atoms with E-state index in [-0.39, 0.29) is 5.91 Å². The molecule has 0 aromatic carbocycles. The first kappa shape index (κ1) is 12.7. The lowest BCUT2D eigenvalue weighted by atomic mass is 10.1. The van der Waals surface area contributed by atoms with Gasteiger partial charge in [0.25, 0.3) is 0 Å². The number of nitriles is 1. The van der Waals surface area contributed by atoms with Gasteiger partial charge in [0.1, 0.15) is 11.1 Å². The number of carbonyl (C=O) groups excluding carboxylic acids is 1. The molecule has 0 atom stereocenters. The number of anilines is 1. The standard InChI is InChI=1S/C12H16N2OS/c1-7(2)5-11(15)14-12-10(6-13)8(3)9(4)16-12/h7H,5H2,1-4H3,(H,14,15). The molecular formula is C12H16N2OS. The highest BCUT2D eigenvalue weighted by atomic mass is 32.1. The van der Waals surface area contributed by atoms with E-state index in [2.05, 4.69) is 11.4 Å². The van der Waals surface area contributed by atoms with Crippen molar-refractivity contribution < 1.29 is 4.79 Å². The fourth-order valence-corrected chi connectivity index (χ4v) is 2.43. The Bertz CT molecular complexity index is 441. The van der Waals surface area contributed by atoms with Crippen molar-refractivity contribution in [3.05, 3.63) is 16.0 Å². The third-order valence-corrected chi connectivity index (χ3v) is 3.47. The first-order valence-corrected chi connectivity index (χ1v) is 6.07. The molecule has 86 valence electrons. The second-order valence-electron chi connectivity index (χ2n) is 4.25. The van der Waals surface area contributed by atoms with Gasteiger partial charge in [0, 0.05) is 11.3 Å². The largest absolute Gasteiger partial charge is 0.317 e. The van der Waals surface area contributed by atoms with Crippen LogP contribution in [0.5, 0.6) is 0 Å². The highest BCUT2D eigenvalue weighted by Crippen LogP contribution is 2.31. The Hall–Kier alpha value is -1.34. The highest BCUT2D eigenvalue weighted by molar-refractivity contribution is 7.16. The maximum Gasteiger partial charge on any atom is 0.225 e. The van der Waals surface area contributed by atoms with Crippen LogP contribution in [-0.4, -0.2) is 5.91 Å².